The molecule has 2 amide bonds. The van der Waals surface area contributed by atoms with Crippen LogP contribution in [-0.4, -0.2) is 47.6 Å². The Morgan fingerprint density at radius 2 is 1.75 bits per heavy atom. The fourth-order valence-electron chi connectivity index (χ4n) is 2.42. The van der Waals surface area contributed by atoms with Crippen LogP contribution in [0, 0.1) is 0 Å². The average molecular weight is 284 g/mol. The van der Waals surface area contributed by atoms with Crippen molar-refractivity contribution in [1.29, 1.82) is 0 Å². The Balaban J connectivity index is 2.91. The van der Waals surface area contributed by atoms with Crippen molar-refractivity contribution in [2.24, 2.45) is 0 Å². The number of rotatable bonds is 7. The summed E-state index contributed by atoms with van der Waals surface area (Å²) >= 11 is 0. The third-order valence-electron chi connectivity index (χ3n) is 4.39. The standard InChI is InChI=1S/C15H28N2O3/c1-6-10-20-11-9-17-13(19)14(4,7-2)16-12(18)15(17,5)8-3/h6-11H2,1-5H3,(H,16,18). The molecule has 1 N–H and O–H groups in total. The number of nitrogens with one attached hydrogen (secondary N) is 1. The largest absolute Gasteiger partial charge is 0.380 e. The third-order valence-corrected chi connectivity index (χ3v) is 4.39. The number of hydrogen-bond donors (Lipinski definition) is 1. The van der Waals surface area contributed by atoms with Crippen LogP contribution >= 0.6 is 0 Å². The third kappa shape index (κ3) is 2.97. The Morgan fingerprint density at radius 1 is 1.10 bits per heavy atom. The molecule has 5 nitrogen and oxygen atoms in total. The molecule has 0 radical (unpaired) electrons. The maximum absolute atomic E-state index is 12.7. The molecule has 0 aromatic carbocycles. The molecule has 2 unspecified atom stereocenters. The first-order valence-corrected chi connectivity index (χ1v) is 7.58. The predicted molar refractivity (Wildman–Crippen MR) is 78.4 cm³/mol. The molecule has 0 aromatic heterocycles. The maximum atomic E-state index is 12.7. The van der Waals surface area contributed by atoms with E-state index in [1.54, 1.807) is 11.8 Å². The van der Waals surface area contributed by atoms with E-state index >= 15 is 0 Å². The lowest BCUT2D eigenvalue weighted by atomic mass is 9.84. The van der Waals surface area contributed by atoms with Gasteiger partial charge in [0.25, 0.3) is 0 Å². The number of ether oxygens (including phenoxy) is 1. The Bertz CT molecular complexity index is 372. The second kappa shape index (κ2) is 6.57. The zero-order chi connectivity index (χ0) is 15.4. The van der Waals surface area contributed by atoms with Crippen molar-refractivity contribution in [2.75, 3.05) is 19.8 Å². The second-order valence-corrected chi connectivity index (χ2v) is 5.84. The molecule has 1 aliphatic heterocycles. The minimum absolute atomic E-state index is 0.0101. The Labute approximate surface area is 122 Å². The van der Waals surface area contributed by atoms with Gasteiger partial charge in [0.15, 0.2) is 0 Å². The van der Waals surface area contributed by atoms with Crippen molar-refractivity contribution >= 4 is 11.8 Å². The summed E-state index contributed by atoms with van der Waals surface area (Å²) in [5, 5.41) is 2.89. The summed E-state index contributed by atoms with van der Waals surface area (Å²) < 4.78 is 5.48. The molecule has 0 aromatic rings. The molecule has 2 atom stereocenters. The maximum Gasteiger partial charge on any atom is 0.248 e. The molecule has 0 aliphatic carbocycles. The summed E-state index contributed by atoms with van der Waals surface area (Å²) in [6.45, 7) is 11.1. The van der Waals surface area contributed by atoms with Gasteiger partial charge in [0.05, 0.1) is 6.61 Å². The van der Waals surface area contributed by atoms with Crippen molar-refractivity contribution in [1.82, 2.24) is 10.2 Å². The normalized spacial score (nSPS) is 30.6. The van der Waals surface area contributed by atoms with Gasteiger partial charge < -0.3 is 15.0 Å². The fourth-order valence-corrected chi connectivity index (χ4v) is 2.42. The minimum Gasteiger partial charge on any atom is -0.380 e. The van der Waals surface area contributed by atoms with E-state index in [2.05, 4.69) is 5.32 Å². The van der Waals surface area contributed by atoms with E-state index in [0.29, 0.717) is 32.6 Å². The highest BCUT2D eigenvalue weighted by Gasteiger charge is 2.52. The van der Waals surface area contributed by atoms with Crippen LogP contribution in [0.25, 0.3) is 0 Å². The lowest BCUT2D eigenvalue weighted by Crippen LogP contribution is -2.74. The number of piperazine rings is 1. The molecule has 1 fully saturated rings. The van der Waals surface area contributed by atoms with Gasteiger partial charge in [-0.05, 0) is 33.1 Å². The average Bonchev–Trinajstić information content (AvgIpc) is 2.44. The fraction of sp³-hybridized carbons (Fsp3) is 0.867. The van der Waals surface area contributed by atoms with Gasteiger partial charge in [-0.3, -0.25) is 9.59 Å². The van der Waals surface area contributed by atoms with Gasteiger partial charge in [0.1, 0.15) is 11.1 Å². The summed E-state index contributed by atoms with van der Waals surface area (Å²) in [6, 6.07) is 0. The van der Waals surface area contributed by atoms with Gasteiger partial charge in [0.2, 0.25) is 11.8 Å². The zero-order valence-corrected chi connectivity index (χ0v) is 13.4. The molecule has 0 bridgehead atoms. The van der Waals surface area contributed by atoms with E-state index < -0.39 is 11.1 Å². The summed E-state index contributed by atoms with van der Waals surface area (Å²) in [5.74, 6) is -0.0801. The van der Waals surface area contributed by atoms with Crippen molar-refractivity contribution in [3.8, 4) is 0 Å². The van der Waals surface area contributed by atoms with Gasteiger partial charge in [-0.15, -0.1) is 0 Å². The Hall–Kier alpha value is -1.10. The van der Waals surface area contributed by atoms with Gasteiger partial charge in [0, 0.05) is 13.2 Å². The number of carbonyl (C=O) groups excluding carboxylic acids is 2. The van der Waals surface area contributed by atoms with Crippen LogP contribution in [0.2, 0.25) is 0 Å². The molecule has 1 rings (SSSR count). The quantitative estimate of drug-likeness (QED) is 0.724. The molecule has 116 valence electrons. The van der Waals surface area contributed by atoms with E-state index in [1.165, 1.54) is 0 Å². The minimum atomic E-state index is -0.795. The van der Waals surface area contributed by atoms with Crippen LogP contribution in [0.15, 0.2) is 0 Å². The van der Waals surface area contributed by atoms with Crippen LogP contribution in [0.1, 0.15) is 53.9 Å². The topological polar surface area (TPSA) is 58.6 Å². The Kier molecular flexibility index (Phi) is 5.57. The van der Waals surface area contributed by atoms with Crippen LogP contribution in [0.4, 0.5) is 0 Å². The number of hydrogen-bond acceptors (Lipinski definition) is 3. The van der Waals surface area contributed by atoms with E-state index in [1.807, 2.05) is 27.7 Å². The highest BCUT2D eigenvalue weighted by molar-refractivity contribution is 6.01. The van der Waals surface area contributed by atoms with Crippen molar-refractivity contribution < 1.29 is 14.3 Å². The van der Waals surface area contributed by atoms with Crippen LogP contribution < -0.4 is 5.32 Å². The van der Waals surface area contributed by atoms with Crippen LogP contribution in [0.5, 0.6) is 0 Å². The van der Waals surface area contributed by atoms with E-state index in [-0.39, 0.29) is 11.8 Å². The van der Waals surface area contributed by atoms with Gasteiger partial charge in [-0.25, -0.2) is 0 Å². The molecule has 1 aliphatic rings. The number of nitrogens with zero attached hydrogens (tertiary/aromatic N) is 1. The van der Waals surface area contributed by atoms with Gasteiger partial charge in [-0.2, -0.15) is 0 Å². The van der Waals surface area contributed by atoms with E-state index in [4.69, 9.17) is 4.74 Å². The first-order valence-electron chi connectivity index (χ1n) is 7.58. The first-order chi connectivity index (χ1) is 9.35. The van der Waals surface area contributed by atoms with Crippen LogP contribution in [-0.2, 0) is 14.3 Å². The lowest BCUT2D eigenvalue weighted by molar-refractivity contribution is -0.163. The summed E-state index contributed by atoms with van der Waals surface area (Å²) in [6.07, 6.45) is 2.13. The lowest BCUT2D eigenvalue weighted by Gasteiger charge is -2.49. The number of carbonyl (C=O) groups is 2. The highest BCUT2D eigenvalue weighted by atomic mass is 16.5. The Morgan fingerprint density at radius 3 is 2.25 bits per heavy atom. The molecule has 0 spiro atoms. The second-order valence-electron chi connectivity index (χ2n) is 5.84. The van der Waals surface area contributed by atoms with Crippen molar-refractivity contribution in [3.63, 3.8) is 0 Å². The number of amides is 2. The molecule has 20 heavy (non-hydrogen) atoms. The van der Waals surface area contributed by atoms with Crippen molar-refractivity contribution in [3.05, 3.63) is 0 Å². The molecular formula is C15H28N2O3. The van der Waals surface area contributed by atoms with Gasteiger partial charge >= 0.3 is 0 Å². The summed E-state index contributed by atoms with van der Waals surface area (Å²) in [7, 11) is 0. The molecule has 1 heterocycles. The zero-order valence-electron chi connectivity index (χ0n) is 13.4. The summed E-state index contributed by atoms with van der Waals surface area (Å²) in [4.78, 5) is 26.8. The first kappa shape index (κ1) is 17.0. The smallest absolute Gasteiger partial charge is 0.248 e. The van der Waals surface area contributed by atoms with Crippen LogP contribution in [0.3, 0.4) is 0 Å². The highest BCUT2D eigenvalue weighted by Crippen LogP contribution is 2.30. The molecule has 1 saturated heterocycles. The van der Waals surface area contributed by atoms with E-state index in [0.717, 1.165) is 6.42 Å². The van der Waals surface area contributed by atoms with Crippen molar-refractivity contribution in [2.45, 2.75) is 65.0 Å². The van der Waals surface area contributed by atoms with Gasteiger partial charge in [-0.1, -0.05) is 20.8 Å². The predicted octanol–water partition coefficient (Wildman–Crippen LogP) is 1.71. The molecule has 5 heteroatoms. The molecule has 0 saturated carbocycles. The molecular weight excluding hydrogens is 256 g/mol. The van der Waals surface area contributed by atoms with E-state index in [9.17, 15) is 9.59 Å². The monoisotopic (exact) mass is 284 g/mol. The SMILES string of the molecule is CCCOCCN1C(=O)C(C)(CC)NC(=O)C1(C)CC. The summed E-state index contributed by atoms with van der Waals surface area (Å²) in [5.41, 5.74) is -1.57.